The van der Waals surface area contributed by atoms with Gasteiger partial charge < -0.3 is 14.6 Å². The molecule has 1 amide bonds. The fraction of sp³-hybridized carbons (Fsp3) is 0.526. The summed E-state index contributed by atoms with van der Waals surface area (Å²) in [5, 5.41) is 11.3. The van der Waals surface area contributed by atoms with Gasteiger partial charge in [0.15, 0.2) is 5.82 Å². The first-order chi connectivity index (χ1) is 12.2. The zero-order valence-electron chi connectivity index (χ0n) is 14.9. The summed E-state index contributed by atoms with van der Waals surface area (Å²) in [7, 11) is 1.65. The smallest absolute Gasteiger partial charge is 0.220 e. The van der Waals surface area contributed by atoms with Crippen LogP contribution in [0.3, 0.4) is 0 Å². The number of aryl methyl sites for hydroxylation is 1. The molecule has 1 aliphatic rings. The van der Waals surface area contributed by atoms with E-state index in [4.69, 9.17) is 4.74 Å². The van der Waals surface area contributed by atoms with Crippen molar-refractivity contribution in [3.05, 3.63) is 42.0 Å². The van der Waals surface area contributed by atoms with E-state index in [9.17, 15) is 4.79 Å². The van der Waals surface area contributed by atoms with E-state index in [0.29, 0.717) is 18.9 Å². The van der Waals surface area contributed by atoms with Gasteiger partial charge in [0, 0.05) is 12.5 Å². The summed E-state index contributed by atoms with van der Waals surface area (Å²) >= 11 is 0. The molecule has 1 fully saturated rings. The van der Waals surface area contributed by atoms with Crippen molar-refractivity contribution in [3.8, 4) is 5.75 Å². The number of carbonyl (C=O) groups is 1. The molecule has 1 aliphatic carbocycles. The second-order valence-electron chi connectivity index (χ2n) is 6.64. The van der Waals surface area contributed by atoms with Gasteiger partial charge >= 0.3 is 0 Å². The highest BCUT2D eigenvalue weighted by atomic mass is 16.5. The first kappa shape index (κ1) is 17.5. The minimum atomic E-state index is -0.145. The summed E-state index contributed by atoms with van der Waals surface area (Å²) in [6, 6.07) is 8.13. The molecule has 0 aliphatic heterocycles. The Morgan fingerprint density at radius 3 is 2.88 bits per heavy atom. The van der Waals surface area contributed by atoms with Crippen LogP contribution in [0.5, 0.6) is 5.75 Å². The van der Waals surface area contributed by atoms with Gasteiger partial charge in [0.05, 0.1) is 13.2 Å². The SMILES string of the molecule is COc1ccccc1CCC(=O)N[C@@H](C)c1nncn1C1CCCC1. The highest BCUT2D eigenvalue weighted by Crippen LogP contribution is 2.31. The van der Waals surface area contributed by atoms with Crippen LogP contribution >= 0.6 is 0 Å². The van der Waals surface area contributed by atoms with Gasteiger partial charge in [0.25, 0.3) is 0 Å². The van der Waals surface area contributed by atoms with Crippen LogP contribution in [0.25, 0.3) is 0 Å². The molecule has 1 saturated carbocycles. The molecule has 3 rings (SSSR count). The Balaban J connectivity index is 1.57. The summed E-state index contributed by atoms with van der Waals surface area (Å²) in [6.07, 6.45) is 7.70. The topological polar surface area (TPSA) is 69.0 Å². The lowest BCUT2D eigenvalue weighted by atomic mass is 10.1. The summed E-state index contributed by atoms with van der Waals surface area (Å²) in [5.41, 5.74) is 1.04. The monoisotopic (exact) mass is 342 g/mol. The van der Waals surface area contributed by atoms with Gasteiger partial charge in [-0.15, -0.1) is 10.2 Å². The van der Waals surface area contributed by atoms with Crippen molar-refractivity contribution in [2.75, 3.05) is 7.11 Å². The van der Waals surface area contributed by atoms with Crippen LogP contribution in [-0.4, -0.2) is 27.8 Å². The van der Waals surface area contributed by atoms with E-state index < -0.39 is 0 Å². The number of hydrogen-bond donors (Lipinski definition) is 1. The standard InChI is InChI=1S/C19H26N4O2/c1-14(19-22-20-13-23(19)16-8-4-5-9-16)21-18(24)12-11-15-7-3-6-10-17(15)25-2/h3,6-7,10,13-14,16H,4-5,8-9,11-12H2,1-2H3,(H,21,24)/t14-/m0/s1. The van der Waals surface area contributed by atoms with Gasteiger partial charge in [0.2, 0.25) is 5.91 Å². The van der Waals surface area contributed by atoms with Gasteiger partial charge in [0.1, 0.15) is 12.1 Å². The number of carbonyl (C=O) groups excluding carboxylic acids is 1. The van der Waals surface area contributed by atoms with Crippen molar-refractivity contribution < 1.29 is 9.53 Å². The van der Waals surface area contributed by atoms with E-state index in [1.54, 1.807) is 13.4 Å². The minimum Gasteiger partial charge on any atom is -0.496 e. The highest BCUT2D eigenvalue weighted by molar-refractivity contribution is 5.76. The fourth-order valence-electron chi connectivity index (χ4n) is 3.56. The van der Waals surface area contributed by atoms with Gasteiger partial charge in [-0.1, -0.05) is 31.0 Å². The third-order valence-electron chi connectivity index (χ3n) is 4.90. The molecule has 2 aromatic rings. The maximum atomic E-state index is 12.3. The second-order valence-corrected chi connectivity index (χ2v) is 6.64. The lowest BCUT2D eigenvalue weighted by Gasteiger charge is -2.18. The van der Waals surface area contributed by atoms with Gasteiger partial charge in [-0.2, -0.15) is 0 Å². The Labute approximate surface area is 148 Å². The molecule has 1 heterocycles. The van der Waals surface area contributed by atoms with Crippen molar-refractivity contribution in [1.29, 1.82) is 0 Å². The largest absolute Gasteiger partial charge is 0.496 e. The first-order valence-corrected chi connectivity index (χ1v) is 8.99. The molecule has 1 aromatic carbocycles. The van der Waals surface area contributed by atoms with Crippen molar-refractivity contribution in [3.63, 3.8) is 0 Å². The molecular formula is C19H26N4O2. The molecule has 0 bridgehead atoms. The molecule has 1 atom stereocenters. The molecule has 1 N–H and O–H groups in total. The Morgan fingerprint density at radius 1 is 1.36 bits per heavy atom. The van der Waals surface area contributed by atoms with Crippen molar-refractivity contribution in [2.45, 2.75) is 57.5 Å². The summed E-state index contributed by atoms with van der Waals surface area (Å²) < 4.78 is 7.47. The fourth-order valence-corrected chi connectivity index (χ4v) is 3.56. The number of rotatable bonds is 7. The van der Waals surface area contributed by atoms with E-state index >= 15 is 0 Å². The number of methoxy groups -OCH3 is 1. The number of ether oxygens (including phenoxy) is 1. The van der Waals surface area contributed by atoms with Gasteiger partial charge in [-0.25, -0.2) is 0 Å². The predicted octanol–water partition coefficient (Wildman–Crippen LogP) is 3.21. The van der Waals surface area contributed by atoms with Crippen LogP contribution in [0.2, 0.25) is 0 Å². The van der Waals surface area contributed by atoms with E-state index in [-0.39, 0.29) is 11.9 Å². The Bertz CT molecular complexity index is 707. The normalized spacial score (nSPS) is 15.9. The first-order valence-electron chi connectivity index (χ1n) is 8.99. The molecule has 1 aromatic heterocycles. The molecule has 0 unspecified atom stereocenters. The molecule has 6 heteroatoms. The van der Waals surface area contributed by atoms with Crippen LogP contribution in [0.4, 0.5) is 0 Å². The van der Waals surface area contributed by atoms with Crippen molar-refractivity contribution in [2.24, 2.45) is 0 Å². The maximum absolute atomic E-state index is 12.3. The van der Waals surface area contributed by atoms with E-state index in [1.807, 2.05) is 31.2 Å². The second kappa shape index (κ2) is 8.14. The maximum Gasteiger partial charge on any atom is 0.220 e. The zero-order chi connectivity index (χ0) is 17.6. The number of para-hydroxylation sites is 1. The molecule has 6 nitrogen and oxygen atoms in total. The summed E-state index contributed by atoms with van der Waals surface area (Å²) in [4.78, 5) is 12.3. The van der Waals surface area contributed by atoms with Crippen LogP contribution < -0.4 is 10.1 Å². The van der Waals surface area contributed by atoms with Gasteiger partial charge in [-0.05, 0) is 37.8 Å². The van der Waals surface area contributed by atoms with Gasteiger partial charge in [-0.3, -0.25) is 4.79 Å². The van der Waals surface area contributed by atoms with E-state index in [1.165, 1.54) is 25.7 Å². The number of hydrogen-bond acceptors (Lipinski definition) is 4. The third-order valence-corrected chi connectivity index (χ3v) is 4.90. The number of amides is 1. The number of aromatic nitrogens is 3. The number of benzene rings is 1. The van der Waals surface area contributed by atoms with E-state index in [2.05, 4.69) is 20.1 Å². The van der Waals surface area contributed by atoms with Crippen molar-refractivity contribution in [1.82, 2.24) is 20.1 Å². The molecule has 0 radical (unpaired) electrons. The minimum absolute atomic E-state index is 0.0133. The highest BCUT2D eigenvalue weighted by Gasteiger charge is 2.23. The van der Waals surface area contributed by atoms with Crippen LogP contribution in [0.15, 0.2) is 30.6 Å². The quantitative estimate of drug-likeness (QED) is 0.839. The molecule has 134 valence electrons. The predicted molar refractivity (Wildman–Crippen MR) is 95.4 cm³/mol. The van der Waals surface area contributed by atoms with Crippen molar-refractivity contribution >= 4 is 5.91 Å². The molecule has 25 heavy (non-hydrogen) atoms. The average Bonchev–Trinajstić information content (AvgIpc) is 3.30. The number of nitrogens with zero attached hydrogens (tertiary/aromatic N) is 3. The summed E-state index contributed by atoms with van der Waals surface area (Å²) in [6.45, 7) is 1.97. The Hall–Kier alpha value is -2.37. The Morgan fingerprint density at radius 2 is 2.12 bits per heavy atom. The zero-order valence-corrected chi connectivity index (χ0v) is 14.9. The molecular weight excluding hydrogens is 316 g/mol. The lowest BCUT2D eigenvalue weighted by molar-refractivity contribution is -0.121. The van der Waals surface area contributed by atoms with E-state index in [0.717, 1.165) is 17.1 Å². The molecule has 0 saturated heterocycles. The Kier molecular flexibility index (Phi) is 5.68. The third kappa shape index (κ3) is 4.18. The van der Waals surface area contributed by atoms with Crippen LogP contribution in [0, 0.1) is 0 Å². The van der Waals surface area contributed by atoms with Crippen LogP contribution in [-0.2, 0) is 11.2 Å². The molecule has 0 spiro atoms. The average molecular weight is 342 g/mol. The number of nitrogens with one attached hydrogen (secondary N) is 1. The van der Waals surface area contributed by atoms with Crippen LogP contribution in [0.1, 0.15) is 62.5 Å². The lowest BCUT2D eigenvalue weighted by Crippen LogP contribution is -2.29. The summed E-state index contributed by atoms with van der Waals surface area (Å²) in [5.74, 6) is 1.68.